The van der Waals surface area contributed by atoms with Gasteiger partial charge < -0.3 is 9.88 Å². The quantitative estimate of drug-likeness (QED) is 0.904. The van der Waals surface area contributed by atoms with Crippen molar-refractivity contribution in [3.63, 3.8) is 0 Å². The fourth-order valence-corrected chi connectivity index (χ4v) is 2.61. The standard InChI is InChI=1S/C14H23N5O2/c1-6-9(4)19-11-10(12(20)18(8-3)14(19)21)17(7-2)13(15-5)16-11/h9H,6-8H2,1-5H3,(H,15,16). The summed E-state index contributed by atoms with van der Waals surface area (Å²) in [6.45, 7) is 8.71. The van der Waals surface area contributed by atoms with Crippen LogP contribution < -0.4 is 16.6 Å². The van der Waals surface area contributed by atoms with Gasteiger partial charge in [0.2, 0.25) is 5.95 Å². The summed E-state index contributed by atoms with van der Waals surface area (Å²) >= 11 is 0. The van der Waals surface area contributed by atoms with Gasteiger partial charge in [-0.25, -0.2) is 4.79 Å². The average Bonchev–Trinajstić information content (AvgIpc) is 2.85. The summed E-state index contributed by atoms with van der Waals surface area (Å²) in [4.78, 5) is 29.7. The minimum absolute atomic E-state index is 0.0108. The maximum absolute atomic E-state index is 12.6. The molecule has 0 aliphatic carbocycles. The molecule has 0 saturated carbocycles. The Bertz CT molecular complexity index is 768. The molecule has 0 aliphatic heterocycles. The number of imidazole rings is 1. The molecule has 2 aromatic rings. The second kappa shape index (κ2) is 5.75. The van der Waals surface area contributed by atoms with Crippen molar-refractivity contribution in [2.45, 2.75) is 53.2 Å². The highest BCUT2D eigenvalue weighted by atomic mass is 16.2. The molecule has 7 heteroatoms. The van der Waals surface area contributed by atoms with Crippen LogP contribution in [0.4, 0.5) is 5.95 Å². The molecule has 0 fully saturated rings. The molecule has 1 unspecified atom stereocenters. The lowest BCUT2D eigenvalue weighted by Gasteiger charge is -2.15. The van der Waals surface area contributed by atoms with E-state index in [9.17, 15) is 9.59 Å². The second-order valence-corrected chi connectivity index (χ2v) is 5.06. The van der Waals surface area contributed by atoms with E-state index >= 15 is 0 Å². The minimum Gasteiger partial charge on any atom is -0.359 e. The van der Waals surface area contributed by atoms with Gasteiger partial charge in [-0.15, -0.1) is 0 Å². The monoisotopic (exact) mass is 293 g/mol. The first kappa shape index (κ1) is 15.3. The van der Waals surface area contributed by atoms with E-state index < -0.39 is 0 Å². The van der Waals surface area contributed by atoms with Gasteiger partial charge in [0.1, 0.15) is 0 Å². The van der Waals surface area contributed by atoms with E-state index in [1.807, 2.05) is 25.3 Å². The van der Waals surface area contributed by atoms with Crippen LogP contribution in [0.2, 0.25) is 0 Å². The molecule has 0 amide bonds. The Morgan fingerprint density at radius 2 is 1.76 bits per heavy atom. The van der Waals surface area contributed by atoms with Gasteiger partial charge in [0.05, 0.1) is 0 Å². The highest BCUT2D eigenvalue weighted by Crippen LogP contribution is 2.19. The third-order valence-corrected chi connectivity index (χ3v) is 3.95. The Hall–Kier alpha value is -2.05. The van der Waals surface area contributed by atoms with Crippen molar-refractivity contribution in [3.05, 3.63) is 20.8 Å². The third-order valence-electron chi connectivity index (χ3n) is 3.95. The maximum Gasteiger partial charge on any atom is 0.332 e. The molecule has 21 heavy (non-hydrogen) atoms. The average molecular weight is 293 g/mol. The van der Waals surface area contributed by atoms with Gasteiger partial charge in [-0.2, -0.15) is 4.98 Å². The zero-order chi connectivity index (χ0) is 15.7. The van der Waals surface area contributed by atoms with Crippen LogP contribution in [0.3, 0.4) is 0 Å². The van der Waals surface area contributed by atoms with Crippen LogP contribution in [0.1, 0.15) is 40.2 Å². The SMILES string of the molecule is CCC(C)n1c(=O)n(CC)c(=O)c2c1nc(NC)n2CC. The van der Waals surface area contributed by atoms with E-state index in [-0.39, 0.29) is 17.3 Å². The summed E-state index contributed by atoms with van der Waals surface area (Å²) in [6.07, 6.45) is 0.796. The Balaban J connectivity index is 3.05. The molecule has 1 atom stereocenters. The van der Waals surface area contributed by atoms with E-state index in [0.717, 1.165) is 6.42 Å². The Labute approximate surface area is 123 Å². The molecule has 7 nitrogen and oxygen atoms in total. The van der Waals surface area contributed by atoms with Gasteiger partial charge in [-0.1, -0.05) is 6.92 Å². The summed E-state index contributed by atoms with van der Waals surface area (Å²) in [5.41, 5.74) is 0.402. The van der Waals surface area contributed by atoms with Crippen molar-refractivity contribution < 1.29 is 0 Å². The van der Waals surface area contributed by atoms with Crippen molar-refractivity contribution in [3.8, 4) is 0 Å². The first-order chi connectivity index (χ1) is 10.0. The molecule has 116 valence electrons. The summed E-state index contributed by atoms with van der Waals surface area (Å²) in [5.74, 6) is 0.606. The summed E-state index contributed by atoms with van der Waals surface area (Å²) in [5, 5.41) is 2.99. The van der Waals surface area contributed by atoms with Crippen LogP contribution in [0, 0.1) is 0 Å². The number of aromatic nitrogens is 4. The predicted octanol–water partition coefficient (Wildman–Crippen LogP) is 1.41. The number of nitrogens with one attached hydrogen (secondary N) is 1. The molecule has 0 spiro atoms. The largest absolute Gasteiger partial charge is 0.359 e. The molecular formula is C14H23N5O2. The Morgan fingerprint density at radius 1 is 1.14 bits per heavy atom. The highest BCUT2D eigenvalue weighted by Gasteiger charge is 2.21. The van der Waals surface area contributed by atoms with Crippen LogP contribution >= 0.6 is 0 Å². The molecule has 0 aliphatic rings. The third kappa shape index (κ3) is 2.16. The van der Waals surface area contributed by atoms with E-state index in [4.69, 9.17) is 0 Å². The first-order valence-corrected chi connectivity index (χ1v) is 7.44. The fourth-order valence-electron chi connectivity index (χ4n) is 2.61. The van der Waals surface area contributed by atoms with Gasteiger partial charge in [0, 0.05) is 26.2 Å². The van der Waals surface area contributed by atoms with Crippen molar-refractivity contribution >= 4 is 17.1 Å². The number of hydrogen-bond donors (Lipinski definition) is 1. The van der Waals surface area contributed by atoms with E-state index in [1.54, 1.807) is 18.5 Å². The van der Waals surface area contributed by atoms with Crippen LogP contribution in [-0.2, 0) is 13.1 Å². The van der Waals surface area contributed by atoms with Crippen molar-refractivity contribution in [1.29, 1.82) is 0 Å². The molecule has 2 heterocycles. The Kier molecular flexibility index (Phi) is 4.20. The lowest BCUT2D eigenvalue weighted by Crippen LogP contribution is -2.41. The molecule has 2 aromatic heterocycles. The van der Waals surface area contributed by atoms with Crippen molar-refractivity contribution in [2.24, 2.45) is 0 Å². The molecule has 2 rings (SSSR count). The highest BCUT2D eigenvalue weighted by molar-refractivity contribution is 5.74. The van der Waals surface area contributed by atoms with E-state index in [2.05, 4.69) is 10.3 Å². The van der Waals surface area contributed by atoms with Crippen LogP contribution in [0.5, 0.6) is 0 Å². The normalized spacial score (nSPS) is 12.8. The van der Waals surface area contributed by atoms with Crippen LogP contribution in [-0.4, -0.2) is 25.7 Å². The molecule has 0 radical (unpaired) electrons. The first-order valence-electron chi connectivity index (χ1n) is 7.44. The number of rotatable bonds is 5. The van der Waals surface area contributed by atoms with Gasteiger partial charge in [-0.3, -0.25) is 13.9 Å². The lowest BCUT2D eigenvalue weighted by molar-refractivity contribution is 0.489. The zero-order valence-electron chi connectivity index (χ0n) is 13.3. The van der Waals surface area contributed by atoms with E-state index in [0.29, 0.717) is 30.2 Å². The number of fused-ring (bicyclic) bond motifs is 1. The van der Waals surface area contributed by atoms with Gasteiger partial charge >= 0.3 is 5.69 Å². The molecule has 1 N–H and O–H groups in total. The number of aryl methyl sites for hydroxylation is 1. The van der Waals surface area contributed by atoms with Crippen LogP contribution in [0.15, 0.2) is 9.59 Å². The van der Waals surface area contributed by atoms with E-state index in [1.165, 1.54) is 4.57 Å². The van der Waals surface area contributed by atoms with Crippen LogP contribution in [0.25, 0.3) is 11.2 Å². The molecule has 0 bridgehead atoms. The summed E-state index contributed by atoms with van der Waals surface area (Å²) < 4.78 is 4.73. The number of hydrogen-bond acceptors (Lipinski definition) is 4. The molecule has 0 saturated heterocycles. The van der Waals surface area contributed by atoms with Gasteiger partial charge in [0.25, 0.3) is 5.56 Å². The fraction of sp³-hybridized carbons (Fsp3) is 0.643. The molecule has 0 aromatic carbocycles. The number of nitrogens with zero attached hydrogens (tertiary/aromatic N) is 4. The predicted molar refractivity (Wildman–Crippen MR) is 84.1 cm³/mol. The number of anilines is 1. The van der Waals surface area contributed by atoms with Gasteiger partial charge in [0.15, 0.2) is 11.2 Å². The topological polar surface area (TPSA) is 73.8 Å². The van der Waals surface area contributed by atoms with Crippen molar-refractivity contribution in [2.75, 3.05) is 12.4 Å². The molecular weight excluding hydrogens is 270 g/mol. The summed E-state index contributed by atoms with van der Waals surface area (Å²) in [7, 11) is 1.76. The maximum atomic E-state index is 12.6. The van der Waals surface area contributed by atoms with Gasteiger partial charge in [-0.05, 0) is 27.2 Å². The Morgan fingerprint density at radius 3 is 2.24 bits per heavy atom. The summed E-state index contributed by atoms with van der Waals surface area (Å²) in [6, 6.07) is -0.0108. The minimum atomic E-state index is -0.284. The van der Waals surface area contributed by atoms with Crippen molar-refractivity contribution in [1.82, 2.24) is 18.7 Å². The second-order valence-electron chi connectivity index (χ2n) is 5.06. The lowest BCUT2D eigenvalue weighted by atomic mass is 10.2. The zero-order valence-corrected chi connectivity index (χ0v) is 13.3. The smallest absolute Gasteiger partial charge is 0.332 e.